The Labute approximate surface area is 169 Å². The smallest absolute Gasteiger partial charge is 0.255 e. The van der Waals surface area contributed by atoms with E-state index >= 15 is 0 Å². The van der Waals surface area contributed by atoms with Crippen LogP contribution in [0.2, 0.25) is 0 Å². The van der Waals surface area contributed by atoms with E-state index in [1.807, 2.05) is 27.7 Å². The lowest BCUT2D eigenvalue weighted by molar-refractivity contribution is 0.270. The summed E-state index contributed by atoms with van der Waals surface area (Å²) in [6, 6.07) is 11.7. The van der Waals surface area contributed by atoms with E-state index in [2.05, 4.69) is 22.0 Å². The van der Waals surface area contributed by atoms with Gasteiger partial charge in [-0.1, -0.05) is 12.1 Å². The molecule has 0 amide bonds. The summed E-state index contributed by atoms with van der Waals surface area (Å²) in [7, 11) is 0. The Bertz CT molecular complexity index is 1030. The van der Waals surface area contributed by atoms with Crippen molar-refractivity contribution < 1.29 is 4.39 Å². The highest BCUT2D eigenvalue weighted by molar-refractivity contribution is 5.43. The second-order valence-corrected chi connectivity index (χ2v) is 8.52. The zero-order valence-corrected chi connectivity index (χ0v) is 16.3. The quantitative estimate of drug-likeness (QED) is 0.801. The Morgan fingerprint density at radius 1 is 1.17 bits per heavy atom. The van der Waals surface area contributed by atoms with E-state index < -0.39 is 6.17 Å². The number of alkyl halides is 1. The number of fused-ring (bicyclic) bond motifs is 4. The van der Waals surface area contributed by atoms with Crippen LogP contribution >= 0.6 is 0 Å². The highest BCUT2D eigenvalue weighted by Crippen LogP contribution is 2.36. The van der Waals surface area contributed by atoms with E-state index in [-0.39, 0.29) is 11.5 Å². The molecule has 150 valence electrons. The Morgan fingerprint density at radius 2 is 2.07 bits per heavy atom. The summed E-state index contributed by atoms with van der Waals surface area (Å²) in [5.74, 6) is 1.49. The normalized spacial score (nSPS) is 26.2. The molecule has 3 aliphatic heterocycles. The molecule has 7 heteroatoms. The largest absolute Gasteiger partial charge is 0.356 e. The van der Waals surface area contributed by atoms with Crippen LogP contribution in [0.15, 0.2) is 35.1 Å². The molecule has 0 saturated carbocycles. The van der Waals surface area contributed by atoms with Crippen LogP contribution in [0.4, 0.5) is 10.2 Å². The first-order valence-corrected chi connectivity index (χ1v) is 10.3. The first kappa shape index (κ1) is 18.3. The second-order valence-electron chi connectivity index (χ2n) is 8.52. The molecule has 6 nitrogen and oxygen atoms in total. The minimum Gasteiger partial charge on any atom is -0.356 e. The molecule has 5 rings (SSSR count). The fourth-order valence-electron chi connectivity index (χ4n) is 5.13. The zero-order valence-electron chi connectivity index (χ0n) is 16.3. The summed E-state index contributed by atoms with van der Waals surface area (Å²) in [6.07, 6.45) is 0.866. The number of likely N-dealkylation sites (tertiary alicyclic amines) is 1. The number of rotatable bonds is 3. The van der Waals surface area contributed by atoms with Crippen LogP contribution in [-0.4, -0.2) is 46.8 Å². The highest BCUT2D eigenvalue weighted by Gasteiger charge is 2.35. The van der Waals surface area contributed by atoms with Gasteiger partial charge in [0.25, 0.3) is 5.56 Å². The van der Waals surface area contributed by atoms with Crippen molar-refractivity contribution in [2.24, 2.45) is 5.92 Å². The number of hydrogen-bond acceptors (Lipinski definition) is 5. The molecule has 0 unspecified atom stereocenters. The summed E-state index contributed by atoms with van der Waals surface area (Å²) in [6.45, 7) is 4.02. The van der Waals surface area contributed by atoms with Gasteiger partial charge in [-0.2, -0.15) is 5.26 Å². The number of anilines is 1. The summed E-state index contributed by atoms with van der Waals surface area (Å²) in [5.41, 5.74) is 2.36. The number of aromatic nitrogens is 2. The molecule has 2 aromatic rings. The van der Waals surface area contributed by atoms with E-state index in [1.54, 1.807) is 6.07 Å². The van der Waals surface area contributed by atoms with Crippen LogP contribution in [0.25, 0.3) is 0 Å². The minimum atomic E-state index is -0.770. The van der Waals surface area contributed by atoms with Gasteiger partial charge in [0, 0.05) is 56.4 Å². The molecular formula is C22H24FN5O. The van der Waals surface area contributed by atoms with E-state index in [9.17, 15) is 9.18 Å². The van der Waals surface area contributed by atoms with Gasteiger partial charge in [0.15, 0.2) is 0 Å². The van der Waals surface area contributed by atoms with E-state index in [0.717, 1.165) is 43.1 Å². The Balaban J connectivity index is 1.40. The van der Waals surface area contributed by atoms with Crippen molar-refractivity contribution in [2.45, 2.75) is 38.0 Å². The lowest BCUT2D eigenvalue weighted by Gasteiger charge is -2.43. The highest BCUT2D eigenvalue weighted by atomic mass is 19.1. The van der Waals surface area contributed by atoms with Gasteiger partial charge in [-0.05, 0) is 37.0 Å². The SMILES string of the molecule is N#Cc1cccc(N2C[C@@H]3C[C@H](C2)c2ccc(CN4CC[C@H](F)C4)c(=O)n2C3)n1. The van der Waals surface area contributed by atoms with Crippen molar-refractivity contribution in [3.8, 4) is 6.07 Å². The number of halogens is 1. The van der Waals surface area contributed by atoms with Gasteiger partial charge >= 0.3 is 0 Å². The summed E-state index contributed by atoms with van der Waals surface area (Å²) in [5, 5.41) is 9.13. The molecule has 2 aromatic heterocycles. The fourth-order valence-corrected chi connectivity index (χ4v) is 5.13. The van der Waals surface area contributed by atoms with Gasteiger partial charge in [-0.3, -0.25) is 9.69 Å². The molecule has 2 saturated heterocycles. The summed E-state index contributed by atoms with van der Waals surface area (Å²) < 4.78 is 15.4. The molecule has 0 radical (unpaired) electrons. The lowest BCUT2D eigenvalue weighted by Crippen LogP contribution is -2.48. The topological polar surface area (TPSA) is 65.2 Å². The van der Waals surface area contributed by atoms with Crippen LogP contribution in [0, 0.1) is 17.2 Å². The lowest BCUT2D eigenvalue weighted by atomic mass is 9.83. The second kappa shape index (κ2) is 7.27. The van der Waals surface area contributed by atoms with E-state index in [4.69, 9.17) is 5.26 Å². The number of nitriles is 1. The monoisotopic (exact) mass is 393 g/mol. The Morgan fingerprint density at radius 3 is 2.86 bits per heavy atom. The van der Waals surface area contributed by atoms with Crippen LogP contribution in [0.1, 0.15) is 35.7 Å². The van der Waals surface area contributed by atoms with Gasteiger partial charge in [-0.15, -0.1) is 0 Å². The van der Waals surface area contributed by atoms with Crippen molar-refractivity contribution in [2.75, 3.05) is 31.1 Å². The summed E-state index contributed by atoms with van der Waals surface area (Å²) in [4.78, 5) is 21.9. The third-order valence-corrected chi connectivity index (χ3v) is 6.46. The van der Waals surface area contributed by atoms with Crippen LogP contribution in [0.3, 0.4) is 0 Å². The predicted octanol–water partition coefficient (Wildman–Crippen LogP) is 2.28. The molecule has 3 aliphatic rings. The van der Waals surface area contributed by atoms with Gasteiger partial charge in [0.1, 0.15) is 23.8 Å². The maximum atomic E-state index is 13.5. The van der Waals surface area contributed by atoms with Crippen LogP contribution < -0.4 is 10.5 Å². The van der Waals surface area contributed by atoms with Gasteiger partial charge in [0.2, 0.25) is 0 Å². The molecule has 29 heavy (non-hydrogen) atoms. The van der Waals surface area contributed by atoms with Crippen molar-refractivity contribution >= 4 is 5.82 Å². The number of piperidine rings is 1. The molecule has 0 spiro atoms. The number of nitrogens with zero attached hydrogens (tertiary/aromatic N) is 5. The summed E-state index contributed by atoms with van der Waals surface area (Å²) >= 11 is 0. The molecule has 0 aromatic carbocycles. The average Bonchev–Trinajstić information content (AvgIpc) is 3.15. The Hall–Kier alpha value is -2.72. The minimum absolute atomic E-state index is 0.0811. The van der Waals surface area contributed by atoms with Gasteiger partial charge in [0.05, 0.1) is 0 Å². The van der Waals surface area contributed by atoms with E-state index in [0.29, 0.717) is 37.7 Å². The number of pyridine rings is 2. The van der Waals surface area contributed by atoms with Crippen molar-refractivity contribution in [3.63, 3.8) is 0 Å². The Kier molecular flexibility index (Phi) is 4.59. The van der Waals surface area contributed by atoms with Crippen molar-refractivity contribution in [3.05, 3.63) is 57.6 Å². The standard InChI is InChI=1S/C22H24FN5O/c23-18-6-7-26(14-18)12-16-4-5-20-17-8-15(11-28(20)22(16)29)10-27(13-17)21-3-1-2-19(9-24)25-21/h1-5,15,17-18H,6-8,10-14H2/t15-,17+,18-/m0/s1. The third-order valence-electron chi connectivity index (χ3n) is 6.46. The molecule has 2 fully saturated rings. The maximum Gasteiger partial charge on any atom is 0.255 e. The molecule has 5 heterocycles. The third kappa shape index (κ3) is 3.42. The average molecular weight is 393 g/mol. The van der Waals surface area contributed by atoms with Crippen molar-refractivity contribution in [1.82, 2.24) is 14.5 Å². The zero-order chi connectivity index (χ0) is 20.0. The molecule has 2 bridgehead atoms. The van der Waals surface area contributed by atoms with Gasteiger partial charge < -0.3 is 9.47 Å². The molecule has 0 N–H and O–H groups in total. The number of hydrogen-bond donors (Lipinski definition) is 0. The van der Waals surface area contributed by atoms with Crippen LogP contribution in [0.5, 0.6) is 0 Å². The molecule has 3 atom stereocenters. The van der Waals surface area contributed by atoms with Crippen molar-refractivity contribution in [1.29, 1.82) is 5.26 Å². The first-order chi connectivity index (χ1) is 14.1. The first-order valence-electron chi connectivity index (χ1n) is 10.3. The molecule has 0 aliphatic carbocycles. The molecular weight excluding hydrogens is 369 g/mol. The maximum absolute atomic E-state index is 13.5. The van der Waals surface area contributed by atoms with Crippen LogP contribution in [-0.2, 0) is 13.1 Å². The fraction of sp³-hybridized carbons (Fsp3) is 0.500. The van der Waals surface area contributed by atoms with Gasteiger partial charge in [-0.25, -0.2) is 9.37 Å². The van der Waals surface area contributed by atoms with E-state index in [1.165, 1.54) is 0 Å². The predicted molar refractivity (Wildman–Crippen MR) is 108 cm³/mol.